The van der Waals surface area contributed by atoms with E-state index in [9.17, 15) is 4.79 Å². The van der Waals surface area contributed by atoms with Gasteiger partial charge in [0.05, 0.1) is 6.61 Å². The third-order valence-electron chi connectivity index (χ3n) is 4.44. The lowest BCUT2D eigenvalue weighted by Gasteiger charge is -2.12. The van der Waals surface area contributed by atoms with E-state index in [1.807, 2.05) is 6.92 Å². The number of hydrogen-bond donors (Lipinski definition) is 1. The first kappa shape index (κ1) is 22.4. The molecule has 0 aliphatic carbocycles. The number of esters is 1. The topological polar surface area (TPSA) is 46.5 Å². The molecule has 0 aromatic rings. The van der Waals surface area contributed by atoms with Crippen LogP contribution in [0.2, 0.25) is 0 Å². The Balaban J connectivity index is 3.20. The van der Waals surface area contributed by atoms with Gasteiger partial charge in [0.1, 0.15) is 6.10 Å². The fraction of sp³-hybridized carbons (Fsp3) is 0.950. The van der Waals surface area contributed by atoms with Crippen molar-refractivity contribution in [2.45, 2.75) is 116 Å². The van der Waals surface area contributed by atoms with Crippen LogP contribution in [0, 0.1) is 0 Å². The first-order valence-corrected chi connectivity index (χ1v) is 10.0. The summed E-state index contributed by atoms with van der Waals surface area (Å²) < 4.78 is 5.17. The number of ether oxygens (including phenoxy) is 1. The molecular weight excluding hydrogens is 288 g/mol. The molecule has 1 N–H and O–H groups in total. The predicted octanol–water partition coefficient (Wildman–Crippen LogP) is 5.78. The second-order valence-electron chi connectivity index (χ2n) is 6.70. The van der Waals surface area contributed by atoms with E-state index in [1.54, 1.807) is 0 Å². The Labute approximate surface area is 144 Å². The summed E-state index contributed by atoms with van der Waals surface area (Å²) in [5.74, 6) is -0.158. The average molecular weight is 329 g/mol. The summed E-state index contributed by atoms with van der Waals surface area (Å²) in [4.78, 5) is 11.5. The molecule has 0 heterocycles. The molecule has 0 spiro atoms. The second kappa shape index (κ2) is 17.8. The summed E-state index contributed by atoms with van der Waals surface area (Å²) in [6.45, 7) is 4.11. The Kier molecular flexibility index (Phi) is 17.3. The third kappa shape index (κ3) is 16.1. The summed E-state index contributed by atoms with van der Waals surface area (Å²) in [7, 11) is 0. The van der Waals surface area contributed by atoms with Crippen LogP contribution in [-0.2, 0) is 9.53 Å². The van der Waals surface area contributed by atoms with Gasteiger partial charge in [-0.3, -0.25) is 4.79 Å². The molecule has 1 unspecified atom stereocenters. The van der Waals surface area contributed by atoms with Crippen molar-refractivity contribution in [1.82, 2.24) is 0 Å². The minimum atomic E-state index is -0.315. The Morgan fingerprint density at radius 2 is 1.22 bits per heavy atom. The molecule has 1 atom stereocenters. The number of rotatable bonds is 17. The van der Waals surface area contributed by atoms with Gasteiger partial charge in [-0.1, -0.05) is 90.9 Å². The summed E-state index contributed by atoms with van der Waals surface area (Å²) in [5, 5.41) is 8.98. The lowest BCUT2D eigenvalue weighted by Crippen LogP contribution is -2.20. The number of unbranched alkanes of at least 4 members (excludes halogenated alkanes) is 12. The van der Waals surface area contributed by atoms with Gasteiger partial charge in [-0.05, 0) is 12.8 Å². The minimum absolute atomic E-state index is 0.0686. The molecule has 0 saturated heterocycles. The zero-order chi connectivity index (χ0) is 17.2. The molecule has 0 aliphatic rings. The highest BCUT2D eigenvalue weighted by molar-refractivity contribution is 5.69. The van der Waals surface area contributed by atoms with Gasteiger partial charge in [0.25, 0.3) is 0 Å². The smallest absolute Gasteiger partial charge is 0.306 e. The zero-order valence-electron chi connectivity index (χ0n) is 15.7. The van der Waals surface area contributed by atoms with E-state index >= 15 is 0 Å². The molecule has 138 valence electrons. The second-order valence-corrected chi connectivity index (χ2v) is 6.70. The van der Waals surface area contributed by atoms with Crippen molar-refractivity contribution < 1.29 is 14.6 Å². The maximum absolute atomic E-state index is 11.5. The van der Waals surface area contributed by atoms with Crippen molar-refractivity contribution in [3.63, 3.8) is 0 Å². The van der Waals surface area contributed by atoms with Gasteiger partial charge in [-0.2, -0.15) is 0 Å². The highest BCUT2D eigenvalue weighted by Crippen LogP contribution is 2.13. The van der Waals surface area contributed by atoms with Crippen molar-refractivity contribution >= 4 is 5.97 Å². The number of aliphatic hydroxyl groups excluding tert-OH is 1. The van der Waals surface area contributed by atoms with Gasteiger partial charge in [0.15, 0.2) is 0 Å². The third-order valence-corrected chi connectivity index (χ3v) is 4.44. The van der Waals surface area contributed by atoms with Crippen molar-refractivity contribution in [2.24, 2.45) is 0 Å². The highest BCUT2D eigenvalue weighted by atomic mass is 16.5. The van der Waals surface area contributed by atoms with Crippen LogP contribution in [-0.4, -0.2) is 23.8 Å². The fourth-order valence-corrected chi connectivity index (χ4v) is 2.78. The van der Waals surface area contributed by atoms with E-state index in [4.69, 9.17) is 9.84 Å². The molecule has 0 saturated carbocycles. The first-order valence-electron chi connectivity index (χ1n) is 10.0. The molecule has 0 amide bonds. The van der Waals surface area contributed by atoms with Gasteiger partial charge in [-0.15, -0.1) is 0 Å². The first-order chi connectivity index (χ1) is 11.2. The number of hydrogen-bond acceptors (Lipinski definition) is 3. The van der Waals surface area contributed by atoms with Crippen LogP contribution in [0.1, 0.15) is 110 Å². The number of aliphatic hydroxyl groups is 1. The van der Waals surface area contributed by atoms with Crippen LogP contribution in [0.4, 0.5) is 0 Å². The zero-order valence-corrected chi connectivity index (χ0v) is 15.7. The van der Waals surface area contributed by atoms with E-state index in [1.165, 1.54) is 70.6 Å². The van der Waals surface area contributed by atoms with E-state index in [-0.39, 0.29) is 18.7 Å². The molecule has 0 bridgehead atoms. The van der Waals surface area contributed by atoms with E-state index in [0.717, 1.165) is 12.8 Å². The van der Waals surface area contributed by atoms with Gasteiger partial charge in [0, 0.05) is 6.42 Å². The van der Waals surface area contributed by atoms with E-state index < -0.39 is 0 Å². The molecule has 3 heteroatoms. The molecule has 0 rings (SSSR count). The largest absolute Gasteiger partial charge is 0.460 e. The molecule has 0 aliphatic heterocycles. The molecule has 0 radical (unpaired) electrons. The normalized spacial score (nSPS) is 12.3. The predicted molar refractivity (Wildman–Crippen MR) is 97.6 cm³/mol. The van der Waals surface area contributed by atoms with E-state index in [0.29, 0.717) is 12.8 Å². The van der Waals surface area contributed by atoms with Crippen molar-refractivity contribution in [3.8, 4) is 0 Å². The Morgan fingerprint density at radius 3 is 1.61 bits per heavy atom. The molecule has 3 nitrogen and oxygen atoms in total. The summed E-state index contributed by atoms with van der Waals surface area (Å²) in [6, 6.07) is 0. The summed E-state index contributed by atoms with van der Waals surface area (Å²) in [5.41, 5.74) is 0. The Morgan fingerprint density at radius 1 is 0.783 bits per heavy atom. The maximum Gasteiger partial charge on any atom is 0.306 e. The summed E-state index contributed by atoms with van der Waals surface area (Å²) >= 11 is 0. The highest BCUT2D eigenvalue weighted by Gasteiger charge is 2.10. The van der Waals surface area contributed by atoms with Gasteiger partial charge in [-0.25, -0.2) is 0 Å². The van der Waals surface area contributed by atoms with Crippen LogP contribution in [0.25, 0.3) is 0 Å². The van der Waals surface area contributed by atoms with E-state index in [2.05, 4.69) is 6.92 Å². The molecule has 0 aromatic heterocycles. The SMILES string of the molecule is CCCCCCCCCCCCCCCC(=O)OC(CC)CO. The van der Waals surface area contributed by atoms with Crippen LogP contribution in [0.3, 0.4) is 0 Å². The van der Waals surface area contributed by atoms with Crippen LogP contribution in [0.15, 0.2) is 0 Å². The van der Waals surface area contributed by atoms with Gasteiger partial charge >= 0.3 is 5.97 Å². The fourth-order valence-electron chi connectivity index (χ4n) is 2.78. The molecule has 0 aromatic carbocycles. The average Bonchev–Trinajstić information content (AvgIpc) is 2.56. The van der Waals surface area contributed by atoms with Gasteiger partial charge < -0.3 is 9.84 Å². The molecular formula is C20H40O3. The Bertz CT molecular complexity index is 249. The molecule has 23 heavy (non-hydrogen) atoms. The van der Waals surface area contributed by atoms with Crippen molar-refractivity contribution in [1.29, 1.82) is 0 Å². The van der Waals surface area contributed by atoms with Crippen molar-refractivity contribution in [2.75, 3.05) is 6.61 Å². The minimum Gasteiger partial charge on any atom is -0.460 e. The lowest BCUT2D eigenvalue weighted by atomic mass is 10.0. The van der Waals surface area contributed by atoms with Crippen LogP contribution in [0.5, 0.6) is 0 Å². The monoisotopic (exact) mass is 328 g/mol. The van der Waals surface area contributed by atoms with Gasteiger partial charge in [0.2, 0.25) is 0 Å². The lowest BCUT2D eigenvalue weighted by molar-refractivity contribution is -0.151. The number of carbonyl (C=O) groups excluding carboxylic acids is 1. The van der Waals surface area contributed by atoms with Crippen LogP contribution < -0.4 is 0 Å². The molecule has 0 fully saturated rings. The summed E-state index contributed by atoms with van der Waals surface area (Å²) in [6.07, 6.45) is 17.9. The Hall–Kier alpha value is -0.570. The van der Waals surface area contributed by atoms with Crippen LogP contribution >= 0.6 is 0 Å². The quantitative estimate of drug-likeness (QED) is 0.272. The maximum atomic E-state index is 11.5. The number of carbonyl (C=O) groups is 1. The standard InChI is InChI=1S/C20H40O3/c1-3-5-6-7-8-9-10-11-12-13-14-15-16-17-20(22)23-19(4-2)18-21/h19,21H,3-18H2,1-2H3. The van der Waals surface area contributed by atoms with Crippen molar-refractivity contribution in [3.05, 3.63) is 0 Å².